The van der Waals surface area contributed by atoms with E-state index in [-0.39, 0.29) is 13.1 Å². The summed E-state index contributed by atoms with van der Waals surface area (Å²) in [4.78, 5) is 22.1. The first-order valence-corrected chi connectivity index (χ1v) is 7.49. The summed E-state index contributed by atoms with van der Waals surface area (Å²) in [6.07, 6.45) is 6.25. The maximum Gasteiger partial charge on any atom is 0.314 e. The van der Waals surface area contributed by atoms with Gasteiger partial charge in [-0.25, -0.2) is 9.37 Å². The second kappa shape index (κ2) is 4.93. The van der Waals surface area contributed by atoms with Gasteiger partial charge in [0.1, 0.15) is 16.9 Å². The molecule has 1 aromatic rings. The molecule has 0 amide bonds. The molecule has 0 radical (unpaired) electrons. The molecule has 0 bridgehead atoms. The van der Waals surface area contributed by atoms with Crippen LogP contribution in [0.2, 0.25) is 0 Å². The highest BCUT2D eigenvalue weighted by Gasteiger charge is 2.66. The largest absolute Gasteiger partial charge is 0.481 e. The first kappa shape index (κ1) is 14.2. The number of aromatic nitrogens is 2. The molecule has 1 aliphatic heterocycles. The molecule has 1 aliphatic carbocycles. The fourth-order valence-corrected chi connectivity index (χ4v) is 3.82. The minimum absolute atomic E-state index is 0.106. The molecule has 114 valence electrons. The van der Waals surface area contributed by atoms with Gasteiger partial charge in [0.25, 0.3) is 0 Å². The van der Waals surface area contributed by atoms with Crippen molar-refractivity contribution in [1.29, 1.82) is 0 Å². The SMILES string of the molecule is CCCc1nccnc1N1C[C@@]2(F)CCC[C@@]2(C(=O)O)C1. The van der Waals surface area contributed by atoms with Crippen molar-refractivity contribution in [2.24, 2.45) is 5.41 Å². The quantitative estimate of drug-likeness (QED) is 0.922. The van der Waals surface area contributed by atoms with Crippen LogP contribution in [-0.4, -0.2) is 39.8 Å². The molecular weight excluding hydrogens is 273 g/mol. The Kier molecular flexibility index (Phi) is 3.34. The van der Waals surface area contributed by atoms with Gasteiger partial charge in [0.05, 0.1) is 12.2 Å². The van der Waals surface area contributed by atoms with Gasteiger partial charge in [-0.1, -0.05) is 13.3 Å². The normalized spacial score (nSPS) is 31.4. The number of fused-ring (bicyclic) bond motifs is 1. The second-order valence-electron chi connectivity index (χ2n) is 6.14. The van der Waals surface area contributed by atoms with Crippen LogP contribution in [0.4, 0.5) is 10.2 Å². The van der Waals surface area contributed by atoms with E-state index in [4.69, 9.17) is 0 Å². The lowest BCUT2D eigenvalue weighted by Crippen LogP contribution is -2.45. The van der Waals surface area contributed by atoms with Crippen molar-refractivity contribution < 1.29 is 14.3 Å². The predicted octanol–water partition coefficient (Wildman–Crippen LogP) is 2.21. The third-order valence-electron chi connectivity index (χ3n) is 4.88. The van der Waals surface area contributed by atoms with E-state index in [2.05, 4.69) is 9.97 Å². The molecule has 21 heavy (non-hydrogen) atoms. The molecule has 1 N–H and O–H groups in total. The molecule has 0 aromatic carbocycles. The van der Waals surface area contributed by atoms with Gasteiger partial charge in [0.2, 0.25) is 0 Å². The Hall–Kier alpha value is -1.72. The fraction of sp³-hybridized carbons (Fsp3) is 0.667. The number of hydrogen-bond acceptors (Lipinski definition) is 4. The van der Waals surface area contributed by atoms with Crippen LogP contribution in [-0.2, 0) is 11.2 Å². The number of carbonyl (C=O) groups is 1. The number of nitrogens with zero attached hydrogens (tertiary/aromatic N) is 3. The number of halogens is 1. The third kappa shape index (κ3) is 2.00. The predicted molar refractivity (Wildman–Crippen MR) is 76.0 cm³/mol. The summed E-state index contributed by atoms with van der Waals surface area (Å²) < 4.78 is 15.2. The molecule has 2 fully saturated rings. The number of alkyl halides is 1. The van der Waals surface area contributed by atoms with Crippen LogP contribution < -0.4 is 4.90 Å². The van der Waals surface area contributed by atoms with Crippen LogP contribution in [0.3, 0.4) is 0 Å². The molecule has 0 unspecified atom stereocenters. The van der Waals surface area contributed by atoms with Gasteiger partial charge < -0.3 is 10.0 Å². The van der Waals surface area contributed by atoms with Crippen LogP contribution in [0.15, 0.2) is 12.4 Å². The Morgan fingerprint density at radius 1 is 1.38 bits per heavy atom. The first-order valence-electron chi connectivity index (χ1n) is 7.49. The molecule has 2 atom stereocenters. The number of hydrogen-bond donors (Lipinski definition) is 1. The molecule has 1 saturated heterocycles. The van der Waals surface area contributed by atoms with Crippen molar-refractivity contribution in [3.05, 3.63) is 18.1 Å². The molecule has 5 nitrogen and oxygen atoms in total. The molecule has 6 heteroatoms. The van der Waals surface area contributed by atoms with Crippen molar-refractivity contribution in [3.63, 3.8) is 0 Å². The number of anilines is 1. The summed E-state index contributed by atoms with van der Waals surface area (Å²) in [5, 5.41) is 9.57. The zero-order chi connectivity index (χ0) is 15.1. The molecular formula is C15H20FN3O2. The summed E-state index contributed by atoms with van der Waals surface area (Å²) in [5.41, 5.74) is -2.11. The highest BCUT2D eigenvalue weighted by Crippen LogP contribution is 2.55. The number of carboxylic acid groups (broad SMARTS) is 1. The molecule has 3 rings (SSSR count). The highest BCUT2D eigenvalue weighted by atomic mass is 19.1. The Morgan fingerprint density at radius 2 is 2.14 bits per heavy atom. The average Bonchev–Trinajstić information content (AvgIpc) is 2.91. The number of aryl methyl sites for hydroxylation is 1. The standard InChI is InChI=1S/C15H20FN3O2/c1-2-4-11-12(18-8-7-17-11)19-9-14(13(20)21)5-3-6-15(14,16)10-19/h7-8H,2-6,9-10H2,1H3,(H,20,21)/t14-,15-/m0/s1. The topological polar surface area (TPSA) is 66.3 Å². The molecule has 0 spiro atoms. The summed E-state index contributed by atoms with van der Waals surface area (Å²) in [6, 6.07) is 0. The minimum Gasteiger partial charge on any atom is -0.481 e. The highest BCUT2D eigenvalue weighted by molar-refractivity contribution is 5.79. The fourth-order valence-electron chi connectivity index (χ4n) is 3.82. The molecule has 1 aromatic heterocycles. The van der Waals surface area contributed by atoms with Gasteiger partial charge in [-0.05, 0) is 25.7 Å². The smallest absolute Gasteiger partial charge is 0.314 e. The van der Waals surface area contributed by atoms with E-state index in [1.54, 1.807) is 17.3 Å². The van der Waals surface area contributed by atoms with E-state index < -0.39 is 17.1 Å². The van der Waals surface area contributed by atoms with E-state index in [0.29, 0.717) is 25.1 Å². The number of carboxylic acids is 1. The van der Waals surface area contributed by atoms with Gasteiger partial charge in [0, 0.05) is 18.9 Å². The minimum atomic E-state index is -1.65. The zero-order valence-corrected chi connectivity index (χ0v) is 12.2. The van der Waals surface area contributed by atoms with Crippen LogP contribution >= 0.6 is 0 Å². The van der Waals surface area contributed by atoms with E-state index in [9.17, 15) is 9.90 Å². The van der Waals surface area contributed by atoms with Crippen molar-refractivity contribution in [1.82, 2.24) is 9.97 Å². The van der Waals surface area contributed by atoms with E-state index >= 15 is 4.39 Å². The lowest BCUT2D eigenvalue weighted by atomic mass is 9.78. The third-order valence-corrected chi connectivity index (χ3v) is 4.88. The van der Waals surface area contributed by atoms with Crippen molar-refractivity contribution in [2.75, 3.05) is 18.0 Å². The van der Waals surface area contributed by atoms with Crippen molar-refractivity contribution >= 4 is 11.8 Å². The maximum atomic E-state index is 15.2. The number of rotatable bonds is 4. The van der Waals surface area contributed by atoms with Crippen LogP contribution in [0, 0.1) is 5.41 Å². The van der Waals surface area contributed by atoms with E-state index in [1.165, 1.54) is 0 Å². The van der Waals surface area contributed by atoms with Crippen LogP contribution in [0.5, 0.6) is 0 Å². The van der Waals surface area contributed by atoms with Crippen molar-refractivity contribution in [2.45, 2.75) is 44.7 Å². The van der Waals surface area contributed by atoms with Gasteiger partial charge in [-0.15, -0.1) is 0 Å². The second-order valence-corrected chi connectivity index (χ2v) is 6.14. The summed E-state index contributed by atoms with van der Waals surface area (Å²) in [7, 11) is 0. The Bertz CT molecular complexity index is 568. The van der Waals surface area contributed by atoms with Gasteiger partial charge >= 0.3 is 5.97 Å². The maximum absolute atomic E-state index is 15.2. The lowest BCUT2D eigenvalue weighted by molar-refractivity contribution is -0.153. The zero-order valence-electron chi connectivity index (χ0n) is 12.2. The first-order chi connectivity index (χ1) is 10.0. The Labute approximate surface area is 123 Å². The summed E-state index contributed by atoms with van der Waals surface area (Å²) in [5.74, 6) is -0.377. The van der Waals surface area contributed by atoms with Gasteiger partial charge in [0.15, 0.2) is 0 Å². The molecule has 2 heterocycles. The summed E-state index contributed by atoms with van der Waals surface area (Å²) in [6.45, 7) is 2.34. The summed E-state index contributed by atoms with van der Waals surface area (Å²) >= 11 is 0. The van der Waals surface area contributed by atoms with Crippen molar-refractivity contribution in [3.8, 4) is 0 Å². The Balaban J connectivity index is 1.95. The van der Waals surface area contributed by atoms with Gasteiger partial charge in [-0.2, -0.15) is 0 Å². The van der Waals surface area contributed by atoms with Gasteiger partial charge in [-0.3, -0.25) is 9.78 Å². The number of aliphatic carboxylic acids is 1. The Morgan fingerprint density at radius 3 is 2.81 bits per heavy atom. The lowest BCUT2D eigenvalue weighted by Gasteiger charge is -2.27. The molecule has 2 aliphatic rings. The monoisotopic (exact) mass is 293 g/mol. The molecule has 1 saturated carbocycles. The van der Waals surface area contributed by atoms with Crippen LogP contribution in [0.1, 0.15) is 38.3 Å². The average molecular weight is 293 g/mol. The van der Waals surface area contributed by atoms with E-state index in [1.807, 2.05) is 6.92 Å². The van der Waals surface area contributed by atoms with Crippen LogP contribution in [0.25, 0.3) is 0 Å². The van der Waals surface area contributed by atoms with E-state index in [0.717, 1.165) is 18.5 Å².